The van der Waals surface area contributed by atoms with Crippen LogP contribution in [0, 0.1) is 0 Å². The second kappa shape index (κ2) is 6.83. The Balaban J connectivity index is 2.01. The Hall–Kier alpha value is -0.340. The van der Waals surface area contributed by atoms with E-state index in [0.29, 0.717) is 18.2 Å². The number of nitrogens with zero attached hydrogens (tertiary/aromatic N) is 1. The van der Waals surface area contributed by atoms with Crippen LogP contribution in [-0.4, -0.2) is 23.3 Å². The van der Waals surface area contributed by atoms with Gasteiger partial charge in [0.2, 0.25) is 0 Å². The van der Waals surface area contributed by atoms with Gasteiger partial charge in [-0.2, -0.15) is 0 Å². The van der Waals surface area contributed by atoms with Crippen LogP contribution >= 0.6 is 41.5 Å². The van der Waals surface area contributed by atoms with Crippen LogP contribution in [0.4, 0.5) is 0 Å². The fraction of sp³-hybridized carbons (Fsp3) is 0.467. The lowest BCUT2D eigenvalue weighted by molar-refractivity contribution is 0.0520. The largest absolute Gasteiger partial charge is 0.461 e. The van der Waals surface area contributed by atoms with Crippen LogP contribution in [0.5, 0.6) is 0 Å². The van der Waals surface area contributed by atoms with Gasteiger partial charge >= 0.3 is 5.97 Å². The van der Waals surface area contributed by atoms with Crippen LogP contribution in [0.2, 0.25) is 0 Å². The highest BCUT2D eigenvalue weighted by Crippen LogP contribution is 2.44. The lowest BCUT2D eigenvalue weighted by atomic mass is 10.1. The first kappa shape index (κ1) is 15.6. The Kier molecular flexibility index (Phi) is 5.06. The summed E-state index contributed by atoms with van der Waals surface area (Å²) in [5, 5.41) is 1.24. The molecular formula is C15H16INO2S2. The average Bonchev–Trinajstić information content (AvgIpc) is 3.23. The fourth-order valence-corrected chi connectivity index (χ4v) is 4.54. The standard InChI is InChI=1S/C15H16INO2S2/c1-2-19-15(18)13-8-11(9-3-4-9)12-7-10(5-6-20-16)21-14(12)17-13/h7-9H,2-6H2,1H3. The summed E-state index contributed by atoms with van der Waals surface area (Å²) in [7, 11) is 1.83. The molecule has 0 atom stereocenters. The summed E-state index contributed by atoms with van der Waals surface area (Å²) >= 11 is 4.04. The molecule has 2 aromatic rings. The van der Waals surface area contributed by atoms with Gasteiger partial charge in [0, 0.05) is 16.0 Å². The predicted molar refractivity (Wildman–Crippen MR) is 97.7 cm³/mol. The first-order chi connectivity index (χ1) is 10.2. The number of halogens is 1. The fourth-order valence-electron chi connectivity index (χ4n) is 2.39. The molecule has 1 saturated carbocycles. The molecule has 0 radical (unpaired) electrons. The van der Waals surface area contributed by atoms with Gasteiger partial charge in [0.15, 0.2) is 0 Å². The van der Waals surface area contributed by atoms with Crippen molar-refractivity contribution >= 4 is 57.7 Å². The van der Waals surface area contributed by atoms with E-state index in [9.17, 15) is 4.79 Å². The Bertz CT molecular complexity index is 667. The van der Waals surface area contributed by atoms with E-state index >= 15 is 0 Å². The molecule has 6 heteroatoms. The number of thiophene rings is 1. The minimum absolute atomic E-state index is 0.306. The Morgan fingerprint density at radius 1 is 1.52 bits per heavy atom. The summed E-state index contributed by atoms with van der Waals surface area (Å²) in [6, 6.07) is 4.21. The maximum absolute atomic E-state index is 12.0. The number of hydrogen-bond acceptors (Lipinski definition) is 5. The highest BCUT2D eigenvalue weighted by Gasteiger charge is 2.28. The monoisotopic (exact) mass is 433 g/mol. The minimum Gasteiger partial charge on any atom is -0.461 e. The predicted octanol–water partition coefficient (Wildman–Crippen LogP) is 4.98. The molecule has 0 aliphatic heterocycles. The zero-order valence-electron chi connectivity index (χ0n) is 11.7. The summed E-state index contributed by atoms with van der Waals surface area (Å²) in [5.74, 6) is 1.40. The second-order valence-corrected chi connectivity index (χ2v) is 8.70. The van der Waals surface area contributed by atoms with E-state index in [4.69, 9.17) is 4.74 Å². The number of esters is 1. The number of aryl methyl sites for hydroxylation is 1. The van der Waals surface area contributed by atoms with Crippen LogP contribution in [-0.2, 0) is 11.2 Å². The van der Waals surface area contributed by atoms with Crippen molar-refractivity contribution in [2.75, 3.05) is 12.4 Å². The molecule has 2 heterocycles. The van der Waals surface area contributed by atoms with Crippen molar-refractivity contribution in [2.24, 2.45) is 0 Å². The number of carbonyl (C=O) groups excluding carboxylic acids is 1. The van der Waals surface area contributed by atoms with Crippen LogP contribution in [0.1, 0.15) is 46.6 Å². The highest BCUT2D eigenvalue weighted by atomic mass is 127. The molecule has 2 aromatic heterocycles. The number of pyridine rings is 1. The Morgan fingerprint density at radius 3 is 3.00 bits per heavy atom. The average molecular weight is 433 g/mol. The molecule has 0 unspecified atom stereocenters. The third-order valence-electron chi connectivity index (χ3n) is 3.52. The van der Waals surface area contributed by atoms with Crippen molar-refractivity contribution in [3.63, 3.8) is 0 Å². The zero-order chi connectivity index (χ0) is 14.8. The zero-order valence-corrected chi connectivity index (χ0v) is 15.5. The van der Waals surface area contributed by atoms with Crippen LogP contribution in [0.15, 0.2) is 12.1 Å². The number of carbonyl (C=O) groups is 1. The lowest BCUT2D eigenvalue weighted by Crippen LogP contribution is -2.07. The van der Waals surface area contributed by atoms with Crippen LogP contribution in [0.3, 0.4) is 0 Å². The normalized spacial score (nSPS) is 14.6. The molecule has 0 N–H and O–H groups in total. The third kappa shape index (κ3) is 3.53. The molecule has 1 aliphatic carbocycles. The molecule has 1 aliphatic rings. The number of fused-ring (bicyclic) bond motifs is 1. The molecule has 0 bridgehead atoms. The number of aromatic nitrogens is 1. The first-order valence-electron chi connectivity index (χ1n) is 7.07. The summed E-state index contributed by atoms with van der Waals surface area (Å²) in [5.41, 5.74) is 1.75. The van der Waals surface area contributed by atoms with Crippen molar-refractivity contribution < 1.29 is 9.53 Å². The van der Waals surface area contributed by atoms with E-state index in [1.54, 1.807) is 11.3 Å². The van der Waals surface area contributed by atoms with E-state index < -0.39 is 0 Å². The van der Waals surface area contributed by atoms with E-state index in [-0.39, 0.29) is 5.97 Å². The van der Waals surface area contributed by atoms with Gasteiger partial charge in [-0.15, -0.1) is 11.3 Å². The number of hydrogen-bond donors (Lipinski definition) is 0. The van der Waals surface area contributed by atoms with Crippen molar-refractivity contribution in [2.45, 2.75) is 32.1 Å². The van der Waals surface area contributed by atoms with Crippen LogP contribution < -0.4 is 0 Å². The highest BCUT2D eigenvalue weighted by molar-refractivity contribution is 14.2. The second-order valence-electron chi connectivity index (χ2n) is 5.09. The molecule has 0 spiro atoms. The van der Waals surface area contributed by atoms with Crippen molar-refractivity contribution in [3.8, 4) is 0 Å². The summed E-state index contributed by atoms with van der Waals surface area (Å²) in [6.45, 7) is 2.21. The van der Waals surface area contributed by atoms with Crippen molar-refractivity contribution in [3.05, 3.63) is 28.3 Å². The molecule has 112 valence electrons. The van der Waals surface area contributed by atoms with Crippen molar-refractivity contribution in [1.82, 2.24) is 4.98 Å². The maximum Gasteiger partial charge on any atom is 0.356 e. The molecule has 0 saturated heterocycles. The van der Waals surface area contributed by atoms with Gasteiger partial charge in [0.05, 0.1) is 6.61 Å². The quantitative estimate of drug-likeness (QED) is 0.476. The minimum atomic E-state index is -0.306. The van der Waals surface area contributed by atoms with Crippen molar-refractivity contribution in [1.29, 1.82) is 0 Å². The smallest absolute Gasteiger partial charge is 0.356 e. The Morgan fingerprint density at radius 2 is 2.33 bits per heavy atom. The van der Waals surface area contributed by atoms with Gasteiger partial charge in [-0.05, 0) is 71.0 Å². The molecular weight excluding hydrogens is 417 g/mol. The molecule has 3 rings (SSSR count). The molecule has 0 aromatic carbocycles. The summed E-state index contributed by atoms with van der Waals surface area (Å²) < 4.78 is 5.10. The van der Waals surface area contributed by atoms with Gasteiger partial charge in [0.25, 0.3) is 0 Å². The lowest BCUT2D eigenvalue weighted by Gasteiger charge is -2.05. The van der Waals surface area contributed by atoms with Crippen LogP contribution in [0.25, 0.3) is 10.2 Å². The van der Waals surface area contributed by atoms with Gasteiger partial charge in [-0.25, -0.2) is 9.78 Å². The summed E-state index contributed by atoms with van der Waals surface area (Å²) in [6.07, 6.45) is 3.50. The summed E-state index contributed by atoms with van der Waals surface area (Å²) in [4.78, 5) is 18.8. The van der Waals surface area contributed by atoms with Gasteiger partial charge in [-0.3, -0.25) is 0 Å². The topological polar surface area (TPSA) is 39.2 Å². The molecule has 3 nitrogen and oxygen atoms in total. The number of rotatable bonds is 6. The molecule has 21 heavy (non-hydrogen) atoms. The third-order valence-corrected chi connectivity index (χ3v) is 6.28. The maximum atomic E-state index is 12.0. The van der Waals surface area contributed by atoms with E-state index in [0.717, 1.165) is 17.0 Å². The molecule has 1 fully saturated rings. The molecule has 0 amide bonds. The van der Waals surface area contributed by atoms with Gasteiger partial charge in [0.1, 0.15) is 10.5 Å². The van der Waals surface area contributed by atoms with E-state index in [1.165, 1.54) is 28.7 Å². The van der Waals surface area contributed by atoms with Gasteiger partial charge in [-0.1, -0.05) is 8.93 Å². The van der Waals surface area contributed by atoms with E-state index in [2.05, 4.69) is 32.3 Å². The first-order valence-corrected chi connectivity index (χ1v) is 11.4. The van der Waals surface area contributed by atoms with Gasteiger partial charge < -0.3 is 4.74 Å². The van der Waals surface area contributed by atoms with E-state index in [1.807, 2.05) is 21.9 Å². The Labute approximate surface area is 144 Å². The number of ether oxygens (including phenoxy) is 1. The SMILES string of the molecule is CCOC(=O)c1cc(C2CC2)c2cc(CCSI)sc2n1.